The first kappa shape index (κ1) is 14.1. The second-order valence-electron chi connectivity index (χ2n) is 4.01. The summed E-state index contributed by atoms with van der Waals surface area (Å²) in [4.78, 5) is 11.9. The summed E-state index contributed by atoms with van der Waals surface area (Å²) in [6, 6.07) is 6.61. The molecule has 0 atom stereocenters. The van der Waals surface area contributed by atoms with E-state index in [0.717, 1.165) is 5.69 Å². The van der Waals surface area contributed by atoms with Crippen LogP contribution in [0.4, 0.5) is 15.5 Å². The molecule has 0 saturated heterocycles. The van der Waals surface area contributed by atoms with Gasteiger partial charge >= 0.3 is 6.03 Å². The Morgan fingerprint density at radius 1 is 1.10 bits per heavy atom. The molecule has 6 nitrogen and oxygen atoms in total. The lowest BCUT2D eigenvalue weighted by molar-refractivity contribution is 0.262. The Morgan fingerprint density at radius 2 is 1.75 bits per heavy atom. The van der Waals surface area contributed by atoms with Crippen molar-refractivity contribution in [2.75, 3.05) is 24.9 Å². The summed E-state index contributed by atoms with van der Waals surface area (Å²) in [5.74, 6) is 1.21. The van der Waals surface area contributed by atoms with Gasteiger partial charge < -0.3 is 14.8 Å². The number of nitrogens with zero attached hydrogens (tertiary/aromatic N) is 1. The molecule has 1 aromatic heterocycles. The number of amides is 2. The number of rotatable bonds is 4. The summed E-state index contributed by atoms with van der Waals surface area (Å²) in [6.45, 7) is 1.87. The lowest BCUT2D eigenvalue weighted by Crippen LogP contribution is -2.18. The molecule has 0 spiro atoms. The monoisotopic (exact) mass is 293 g/mol. The Bertz CT molecular complexity index is 590. The van der Waals surface area contributed by atoms with Gasteiger partial charge in [0.25, 0.3) is 0 Å². The second-order valence-corrected chi connectivity index (χ2v) is 4.82. The standard InChI is InChI=1S/C13H15N3O3S/c1-8-4-12(20-16-8)15-13(17)14-9-5-10(18-2)7-11(6-9)19-3/h4-7H,1-3H3,(H2,14,15,17). The van der Waals surface area contributed by atoms with Crippen molar-refractivity contribution in [1.82, 2.24) is 4.37 Å². The summed E-state index contributed by atoms with van der Waals surface area (Å²) in [5, 5.41) is 6.12. The summed E-state index contributed by atoms with van der Waals surface area (Å²) in [5.41, 5.74) is 1.45. The molecule has 0 unspecified atom stereocenters. The molecule has 106 valence electrons. The first-order valence-electron chi connectivity index (χ1n) is 5.85. The number of hydrogen-bond donors (Lipinski definition) is 2. The van der Waals surface area contributed by atoms with E-state index >= 15 is 0 Å². The molecule has 0 radical (unpaired) electrons. The van der Waals surface area contributed by atoms with Crippen molar-refractivity contribution in [3.8, 4) is 11.5 Å². The largest absolute Gasteiger partial charge is 0.497 e. The van der Waals surface area contributed by atoms with E-state index in [9.17, 15) is 4.79 Å². The predicted octanol–water partition coefficient (Wildman–Crippen LogP) is 3.11. The molecular formula is C13H15N3O3S. The van der Waals surface area contributed by atoms with Crippen molar-refractivity contribution in [2.24, 2.45) is 0 Å². The molecular weight excluding hydrogens is 278 g/mol. The summed E-state index contributed by atoms with van der Waals surface area (Å²) >= 11 is 1.23. The van der Waals surface area contributed by atoms with Crippen molar-refractivity contribution in [1.29, 1.82) is 0 Å². The van der Waals surface area contributed by atoms with Gasteiger partial charge in [-0.2, -0.15) is 4.37 Å². The Hall–Kier alpha value is -2.28. The Balaban J connectivity index is 2.07. The number of aryl methyl sites for hydroxylation is 1. The molecule has 2 N–H and O–H groups in total. The molecule has 2 aromatic rings. The van der Waals surface area contributed by atoms with Crippen molar-refractivity contribution >= 4 is 28.3 Å². The van der Waals surface area contributed by atoms with Gasteiger partial charge in [-0.1, -0.05) is 0 Å². The fraction of sp³-hybridized carbons (Fsp3) is 0.231. The van der Waals surface area contributed by atoms with Crippen molar-refractivity contribution in [2.45, 2.75) is 6.92 Å². The highest BCUT2D eigenvalue weighted by molar-refractivity contribution is 7.10. The van der Waals surface area contributed by atoms with Crippen LogP contribution in [0.2, 0.25) is 0 Å². The molecule has 7 heteroatoms. The lowest BCUT2D eigenvalue weighted by Gasteiger charge is -2.10. The van der Waals surface area contributed by atoms with E-state index in [4.69, 9.17) is 9.47 Å². The summed E-state index contributed by atoms with van der Waals surface area (Å²) in [6.07, 6.45) is 0. The molecule has 2 amide bonds. The van der Waals surface area contributed by atoms with E-state index in [1.165, 1.54) is 11.5 Å². The first-order valence-corrected chi connectivity index (χ1v) is 6.62. The topological polar surface area (TPSA) is 72.5 Å². The fourth-order valence-electron chi connectivity index (χ4n) is 1.58. The van der Waals surface area contributed by atoms with Crippen LogP contribution in [0.5, 0.6) is 11.5 Å². The Kier molecular flexibility index (Phi) is 4.41. The van der Waals surface area contributed by atoms with Gasteiger partial charge in [0.2, 0.25) is 0 Å². The highest BCUT2D eigenvalue weighted by atomic mass is 32.1. The van der Waals surface area contributed by atoms with Gasteiger partial charge in [0.15, 0.2) is 0 Å². The van der Waals surface area contributed by atoms with Gasteiger partial charge in [-0.3, -0.25) is 5.32 Å². The van der Waals surface area contributed by atoms with E-state index in [-0.39, 0.29) is 6.03 Å². The van der Waals surface area contributed by atoms with Gasteiger partial charge in [-0.05, 0) is 24.5 Å². The van der Waals surface area contributed by atoms with Gasteiger partial charge in [-0.25, -0.2) is 4.79 Å². The van der Waals surface area contributed by atoms with E-state index in [1.54, 1.807) is 38.5 Å². The predicted molar refractivity (Wildman–Crippen MR) is 79.0 cm³/mol. The van der Waals surface area contributed by atoms with Gasteiger partial charge in [0.1, 0.15) is 16.5 Å². The van der Waals surface area contributed by atoms with Crippen LogP contribution in [0.15, 0.2) is 24.3 Å². The quantitative estimate of drug-likeness (QED) is 0.908. The fourth-order valence-corrected chi connectivity index (χ4v) is 2.23. The third-order valence-corrected chi connectivity index (χ3v) is 3.27. The molecule has 1 heterocycles. The van der Waals surface area contributed by atoms with Crippen LogP contribution in [0.25, 0.3) is 0 Å². The minimum atomic E-state index is -0.344. The zero-order valence-electron chi connectivity index (χ0n) is 11.4. The number of hydrogen-bond acceptors (Lipinski definition) is 5. The van der Waals surface area contributed by atoms with E-state index < -0.39 is 0 Å². The van der Waals surface area contributed by atoms with Crippen LogP contribution >= 0.6 is 11.5 Å². The molecule has 0 aliphatic heterocycles. The van der Waals surface area contributed by atoms with E-state index in [1.807, 2.05) is 6.92 Å². The maximum absolute atomic E-state index is 11.9. The average Bonchev–Trinajstić information content (AvgIpc) is 2.83. The number of nitrogens with one attached hydrogen (secondary N) is 2. The maximum Gasteiger partial charge on any atom is 0.324 e. The van der Waals surface area contributed by atoms with Crippen LogP contribution in [-0.2, 0) is 0 Å². The number of methoxy groups -OCH3 is 2. The van der Waals surface area contributed by atoms with Crippen LogP contribution in [0, 0.1) is 6.92 Å². The molecule has 0 saturated carbocycles. The first-order chi connectivity index (χ1) is 9.60. The lowest BCUT2D eigenvalue weighted by atomic mass is 10.3. The third kappa shape index (κ3) is 3.61. The van der Waals surface area contributed by atoms with Crippen LogP contribution in [0.1, 0.15) is 5.69 Å². The smallest absolute Gasteiger partial charge is 0.324 e. The van der Waals surface area contributed by atoms with Gasteiger partial charge in [0.05, 0.1) is 19.9 Å². The maximum atomic E-state index is 11.9. The minimum Gasteiger partial charge on any atom is -0.497 e. The van der Waals surface area contributed by atoms with Gasteiger partial charge in [-0.15, -0.1) is 0 Å². The third-order valence-electron chi connectivity index (χ3n) is 2.47. The molecule has 0 aliphatic rings. The number of aromatic nitrogens is 1. The molecule has 20 heavy (non-hydrogen) atoms. The van der Waals surface area contributed by atoms with E-state index in [2.05, 4.69) is 15.0 Å². The number of carbonyl (C=O) groups is 1. The van der Waals surface area contributed by atoms with Crippen molar-refractivity contribution < 1.29 is 14.3 Å². The zero-order valence-corrected chi connectivity index (χ0v) is 12.2. The number of ether oxygens (including phenoxy) is 2. The van der Waals surface area contributed by atoms with Crippen molar-refractivity contribution in [3.63, 3.8) is 0 Å². The van der Waals surface area contributed by atoms with Crippen LogP contribution in [0.3, 0.4) is 0 Å². The summed E-state index contributed by atoms with van der Waals surface area (Å²) in [7, 11) is 3.11. The van der Waals surface area contributed by atoms with Crippen molar-refractivity contribution in [3.05, 3.63) is 30.0 Å². The number of anilines is 2. The molecule has 2 rings (SSSR count). The zero-order chi connectivity index (χ0) is 14.5. The molecule has 0 bridgehead atoms. The average molecular weight is 293 g/mol. The van der Waals surface area contributed by atoms with Gasteiger partial charge in [0, 0.05) is 23.9 Å². The normalized spacial score (nSPS) is 9.95. The molecule has 0 aliphatic carbocycles. The SMILES string of the molecule is COc1cc(NC(=O)Nc2cc(C)ns2)cc(OC)c1. The Labute approximate surface area is 120 Å². The number of carbonyl (C=O) groups excluding carboxylic acids is 1. The minimum absolute atomic E-state index is 0.344. The van der Waals surface area contributed by atoms with E-state index in [0.29, 0.717) is 22.2 Å². The molecule has 1 aromatic carbocycles. The Morgan fingerprint density at radius 3 is 2.25 bits per heavy atom. The number of urea groups is 1. The second kappa shape index (κ2) is 6.25. The summed E-state index contributed by atoms with van der Waals surface area (Å²) < 4.78 is 14.4. The van der Waals surface area contributed by atoms with Crippen LogP contribution < -0.4 is 20.1 Å². The van der Waals surface area contributed by atoms with Crippen LogP contribution in [-0.4, -0.2) is 24.6 Å². The molecule has 0 fully saturated rings. The highest BCUT2D eigenvalue weighted by Crippen LogP contribution is 2.26. The highest BCUT2D eigenvalue weighted by Gasteiger charge is 2.07. The number of benzene rings is 1.